The molecule has 2 rings (SSSR count). The van der Waals surface area contributed by atoms with E-state index in [1.807, 2.05) is 32.9 Å². The standard InChI is InChI=1S/C18H23NO3S/c1-5-22-17-8-10-18(11-9-17)23(20,21)19(4)13-16-7-6-14(2)12-15(16)3/h6-12H,5,13H2,1-4H3. The van der Waals surface area contributed by atoms with Crippen molar-refractivity contribution in [1.82, 2.24) is 4.31 Å². The Kier molecular flexibility index (Phi) is 5.44. The number of hydrogen-bond acceptors (Lipinski definition) is 3. The van der Waals surface area contributed by atoms with Crippen LogP contribution in [-0.2, 0) is 16.6 Å². The summed E-state index contributed by atoms with van der Waals surface area (Å²) < 4.78 is 32.1. The minimum atomic E-state index is -3.52. The van der Waals surface area contributed by atoms with Gasteiger partial charge in [-0.1, -0.05) is 23.8 Å². The molecule has 0 bridgehead atoms. The Morgan fingerprint density at radius 2 is 1.70 bits per heavy atom. The maximum absolute atomic E-state index is 12.7. The van der Waals surface area contributed by atoms with Gasteiger partial charge in [0.25, 0.3) is 0 Å². The number of ether oxygens (including phenoxy) is 1. The van der Waals surface area contributed by atoms with Crippen molar-refractivity contribution >= 4 is 10.0 Å². The minimum Gasteiger partial charge on any atom is -0.494 e. The van der Waals surface area contributed by atoms with Gasteiger partial charge in [-0.3, -0.25) is 0 Å². The minimum absolute atomic E-state index is 0.271. The summed E-state index contributed by atoms with van der Waals surface area (Å²) in [6.45, 7) is 6.82. The SMILES string of the molecule is CCOc1ccc(S(=O)(=O)N(C)Cc2ccc(C)cc2C)cc1. The van der Waals surface area contributed by atoms with Gasteiger partial charge >= 0.3 is 0 Å². The van der Waals surface area contributed by atoms with E-state index in [4.69, 9.17) is 4.74 Å². The number of rotatable bonds is 6. The molecular formula is C18H23NO3S. The van der Waals surface area contributed by atoms with Gasteiger partial charge in [-0.15, -0.1) is 0 Å². The molecule has 0 saturated carbocycles. The van der Waals surface area contributed by atoms with Crippen LogP contribution in [0.2, 0.25) is 0 Å². The normalized spacial score (nSPS) is 11.7. The van der Waals surface area contributed by atoms with Gasteiger partial charge in [0.1, 0.15) is 5.75 Å². The van der Waals surface area contributed by atoms with E-state index in [9.17, 15) is 8.42 Å². The summed E-state index contributed by atoms with van der Waals surface area (Å²) in [5.74, 6) is 0.670. The Balaban J connectivity index is 2.20. The molecule has 0 aliphatic carbocycles. The molecule has 0 saturated heterocycles. The molecule has 5 heteroatoms. The molecule has 0 spiro atoms. The maximum Gasteiger partial charge on any atom is 0.243 e. The molecule has 2 aromatic rings. The van der Waals surface area contributed by atoms with Crippen LogP contribution in [0, 0.1) is 13.8 Å². The summed E-state index contributed by atoms with van der Waals surface area (Å²) in [6.07, 6.45) is 0. The third-order valence-corrected chi connectivity index (χ3v) is 5.55. The summed E-state index contributed by atoms with van der Waals surface area (Å²) in [6, 6.07) is 12.6. The summed E-state index contributed by atoms with van der Waals surface area (Å²) >= 11 is 0. The Labute approximate surface area is 138 Å². The lowest BCUT2D eigenvalue weighted by Crippen LogP contribution is -2.26. The first kappa shape index (κ1) is 17.5. The monoisotopic (exact) mass is 333 g/mol. The fourth-order valence-corrected chi connectivity index (χ4v) is 3.55. The molecule has 0 N–H and O–H groups in total. The Bertz CT molecular complexity index is 767. The highest BCUT2D eigenvalue weighted by Gasteiger charge is 2.21. The molecule has 0 radical (unpaired) electrons. The van der Waals surface area contributed by atoms with E-state index in [0.717, 1.165) is 11.1 Å². The van der Waals surface area contributed by atoms with Gasteiger partial charge in [0.15, 0.2) is 0 Å². The smallest absolute Gasteiger partial charge is 0.243 e. The highest BCUT2D eigenvalue weighted by molar-refractivity contribution is 7.89. The molecule has 0 amide bonds. The number of hydrogen-bond donors (Lipinski definition) is 0. The van der Waals surface area contributed by atoms with Gasteiger partial charge in [-0.05, 0) is 56.2 Å². The lowest BCUT2D eigenvalue weighted by atomic mass is 10.1. The van der Waals surface area contributed by atoms with E-state index in [1.54, 1.807) is 31.3 Å². The highest BCUT2D eigenvalue weighted by Crippen LogP contribution is 2.21. The van der Waals surface area contributed by atoms with E-state index in [2.05, 4.69) is 6.07 Å². The van der Waals surface area contributed by atoms with Crippen molar-refractivity contribution in [3.63, 3.8) is 0 Å². The Morgan fingerprint density at radius 3 is 2.26 bits per heavy atom. The number of sulfonamides is 1. The summed E-state index contributed by atoms with van der Waals surface area (Å²) in [4.78, 5) is 0.271. The van der Waals surface area contributed by atoms with E-state index >= 15 is 0 Å². The van der Waals surface area contributed by atoms with Gasteiger partial charge in [-0.25, -0.2) is 8.42 Å². The Hall–Kier alpha value is -1.85. The van der Waals surface area contributed by atoms with Gasteiger partial charge < -0.3 is 4.74 Å². The second-order valence-electron chi connectivity index (χ2n) is 5.60. The van der Waals surface area contributed by atoms with Crippen molar-refractivity contribution in [2.24, 2.45) is 0 Å². The molecular weight excluding hydrogens is 310 g/mol. The zero-order chi connectivity index (χ0) is 17.0. The van der Waals surface area contributed by atoms with Gasteiger partial charge in [0.2, 0.25) is 10.0 Å². The quantitative estimate of drug-likeness (QED) is 0.812. The van der Waals surface area contributed by atoms with Crippen molar-refractivity contribution in [2.75, 3.05) is 13.7 Å². The largest absolute Gasteiger partial charge is 0.494 e. The van der Waals surface area contributed by atoms with Crippen LogP contribution >= 0.6 is 0 Å². The van der Waals surface area contributed by atoms with E-state index < -0.39 is 10.0 Å². The molecule has 0 aliphatic rings. The van der Waals surface area contributed by atoms with Crippen molar-refractivity contribution in [3.05, 3.63) is 59.2 Å². The molecule has 0 atom stereocenters. The molecule has 23 heavy (non-hydrogen) atoms. The topological polar surface area (TPSA) is 46.6 Å². The third kappa shape index (κ3) is 4.12. The van der Waals surface area contributed by atoms with E-state index in [-0.39, 0.29) is 4.90 Å². The average molecular weight is 333 g/mol. The first-order valence-electron chi connectivity index (χ1n) is 7.60. The lowest BCUT2D eigenvalue weighted by molar-refractivity contribution is 0.340. The van der Waals surface area contributed by atoms with Crippen LogP contribution in [0.4, 0.5) is 0 Å². The van der Waals surface area contributed by atoms with Crippen LogP contribution in [0.15, 0.2) is 47.4 Å². The third-order valence-electron chi connectivity index (χ3n) is 3.73. The van der Waals surface area contributed by atoms with E-state index in [1.165, 1.54) is 9.87 Å². The average Bonchev–Trinajstić information content (AvgIpc) is 2.51. The van der Waals surface area contributed by atoms with Crippen molar-refractivity contribution in [1.29, 1.82) is 0 Å². The first-order valence-corrected chi connectivity index (χ1v) is 9.04. The number of benzene rings is 2. The van der Waals surface area contributed by atoms with Gasteiger partial charge in [-0.2, -0.15) is 4.31 Å². The van der Waals surface area contributed by atoms with Crippen molar-refractivity contribution in [2.45, 2.75) is 32.2 Å². The summed E-state index contributed by atoms with van der Waals surface area (Å²) in [5, 5.41) is 0. The molecule has 124 valence electrons. The van der Waals surface area contributed by atoms with Crippen molar-refractivity contribution < 1.29 is 13.2 Å². The van der Waals surface area contributed by atoms with Crippen LogP contribution in [0.1, 0.15) is 23.6 Å². The van der Waals surface area contributed by atoms with Crippen LogP contribution in [-0.4, -0.2) is 26.4 Å². The lowest BCUT2D eigenvalue weighted by Gasteiger charge is -2.19. The van der Waals surface area contributed by atoms with Crippen molar-refractivity contribution in [3.8, 4) is 5.75 Å². The first-order chi connectivity index (χ1) is 10.8. The highest BCUT2D eigenvalue weighted by atomic mass is 32.2. The molecule has 0 heterocycles. The van der Waals surface area contributed by atoms with E-state index in [0.29, 0.717) is 18.9 Å². The second kappa shape index (κ2) is 7.15. The molecule has 0 fully saturated rings. The van der Waals surface area contributed by atoms with Gasteiger partial charge in [0.05, 0.1) is 11.5 Å². The number of aryl methyl sites for hydroxylation is 2. The zero-order valence-corrected chi connectivity index (χ0v) is 14.9. The predicted molar refractivity (Wildman–Crippen MR) is 92.2 cm³/mol. The zero-order valence-electron chi connectivity index (χ0n) is 14.0. The Morgan fingerprint density at radius 1 is 1.04 bits per heavy atom. The fraction of sp³-hybridized carbons (Fsp3) is 0.333. The second-order valence-corrected chi connectivity index (χ2v) is 7.64. The maximum atomic E-state index is 12.7. The summed E-state index contributed by atoms with van der Waals surface area (Å²) in [7, 11) is -1.92. The number of nitrogens with zero attached hydrogens (tertiary/aromatic N) is 1. The van der Waals surface area contributed by atoms with Crippen LogP contribution in [0.25, 0.3) is 0 Å². The summed E-state index contributed by atoms with van der Waals surface area (Å²) in [5.41, 5.74) is 3.27. The molecule has 0 aromatic heterocycles. The molecule has 2 aromatic carbocycles. The van der Waals surface area contributed by atoms with Crippen LogP contribution < -0.4 is 4.74 Å². The van der Waals surface area contributed by atoms with Gasteiger partial charge in [0, 0.05) is 13.6 Å². The molecule has 0 aliphatic heterocycles. The predicted octanol–water partition coefficient (Wildman–Crippen LogP) is 3.52. The van der Waals surface area contributed by atoms with Crippen LogP contribution in [0.3, 0.4) is 0 Å². The molecule has 4 nitrogen and oxygen atoms in total. The fourth-order valence-electron chi connectivity index (χ4n) is 2.40. The molecule has 0 unspecified atom stereocenters. The van der Waals surface area contributed by atoms with Crippen LogP contribution in [0.5, 0.6) is 5.75 Å².